The Hall–Kier alpha value is -3.26. The van der Waals surface area contributed by atoms with Gasteiger partial charge in [0.1, 0.15) is 24.4 Å². The first-order valence-corrected chi connectivity index (χ1v) is 13.9. The fraction of sp³-hybridized carbons (Fsp3) is 0.424. The lowest BCUT2D eigenvalue weighted by Crippen LogP contribution is -2.67. The molecular formula is C33H42ClN2O5+. The number of hydrogen-bond acceptors (Lipinski definition) is 6. The molecule has 3 saturated heterocycles. The standard InChI is InChI=1S/C33H41N2O5.ClH/c1-7-15-40-32(26-11-13-34-28-10-9-25(36-3)19-27(26)28)29-18-24-12-14-35(29,21-23(24)8-2)20-22-16-30(37-4)33(39-6)31(17-22)38-5;/h7-11,13,16-17,19,23-24,29,32H,1-2,12,14-15,18,20-21H2,3-6H3;1H/q+1;/t23?,24?,29-,32+,35?;/m0./s1. The monoisotopic (exact) mass is 581 g/mol. The van der Waals surface area contributed by atoms with Crippen LogP contribution in [0.2, 0.25) is 0 Å². The number of fused-ring (bicyclic) bond motifs is 4. The summed E-state index contributed by atoms with van der Waals surface area (Å²) in [5.74, 6) is 3.80. The number of piperidine rings is 3. The van der Waals surface area contributed by atoms with Gasteiger partial charge < -0.3 is 28.2 Å². The number of nitrogens with zero attached hydrogens (tertiary/aromatic N) is 2. The number of methoxy groups -OCH3 is 4. The van der Waals surface area contributed by atoms with Crippen molar-refractivity contribution in [3.8, 4) is 23.0 Å². The Morgan fingerprint density at radius 3 is 2.39 bits per heavy atom. The van der Waals surface area contributed by atoms with E-state index in [4.69, 9.17) is 23.7 Å². The van der Waals surface area contributed by atoms with E-state index in [1.54, 1.807) is 28.4 Å². The number of ether oxygens (including phenoxy) is 5. The van der Waals surface area contributed by atoms with Gasteiger partial charge in [-0.2, -0.15) is 0 Å². The van der Waals surface area contributed by atoms with Crippen molar-refractivity contribution in [3.05, 3.63) is 79.0 Å². The summed E-state index contributed by atoms with van der Waals surface area (Å²) >= 11 is 0. The Morgan fingerprint density at radius 1 is 1.00 bits per heavy atom. The Bertz CT molecular complexity index is 1360. The minimum absolute atomic E-state index is 0. The highest BCUT2D eigenvalue weighted by Gasteiger charge is 2.54. The van der Waals surface area contributed by atoms with Gasteiger partial charge in [0.25, 0.3) is 0 Å². The van der Waals surface area contributed by atoms with E-state index in [-0.39, 0.29) is 24.6 Å². The van der Waals surface area contributed by atoms with Crippen LogP contribution in [0.5, 0.6) is 23.0 Å². The molecule has 220 valence electrons. The molecule has 5 atom stereocenters. The Labute approximate surface area is 249 Å². The molecule has 41 heavy (non-hydrogen) atoms. The Morgan fingerprint density at radius 2 is 1.76 bits per heavy atom. The molecule has 4 heterocycles. The first-order chi connectivity index (χ1) is 19.5. The van der Waals surface area contributed by atoms with E-state index in [2.05, 4.69) is 48.5 Å². The molecule has 0 saturated carbocycles. The van der Waals surface area contributed by atoms with E-state index in [1.165, 1.54) is 0 Å². The highest BCUT2D eigenvalue weighted by molar-refractivity contribution is 5.85. The molecule has 3 aromatic rings. The molecule has 1 aromatic heterocycles. The van der Waals surface area contributed by atoms with Crippen LogP contribution in [-0.2, 0) is 11.3 Å². The zero-order valence-corrected chi connectivity index (χ0v) is 25.3. The molecule has 8 heteroatoms. The molecule has 0 radical (unpaired) electrons. The van der Waals surface area contributed by atoms with Crippen molar-refractivity contribution in [2.24, 2.45) is 11.8 Å². The number of quaternary nitrogens is 1. The predicted molar refractivity (Wildman–Crippen MR) is 164 cm³/mol. The largest absolute Gasteiger partial charge is 0.497 e. The topological polar surface area (TPSA) is 59.0 Å². The zero-order chi connectivity index (χ0) is 28.3. The first kappa shape index (κ1) is 30.7. The lowest BCUT2D eigenvalue weighted by atomic mass is 9.71. The predicted octanol–water partition coefficient (Wildman–Crippen LogP) is 6.55. The lowest BCUT2D eigenvalue weighted by molar-refractivity contribution is -0.985. The molecule has 2 bridgehead atoms. The third kappa shape index (κ3) is 5.76. The van der Waals surface area contributed by atoms with Gasteiger partial charge in [0.05, 0.1) is 53.7 Å². The molecule has 0 amide bonds. The fourth-order valence-corrected chi connectivity index (χ4v) is 7.06. The third-order valence-electron chi connectivity index (χ3n) is 8.93. The maximum absolute atomic E-state index is 6.71. The van der Waals surface area contributed by atoms with Crippen molar-refractivity contribution in [1.82, 2.24) is 4.98 Å². The van der Waals surface area contributed by atoms with E-state index < -0.39 is 0 Å². The van der Waals surface area contributed by atoms with Crippen molar-refractivity contribution in [3.63, 3.8) is 0 Å². The second-order valence-corrected chi connectivity index (χ2v) is 10.9. The Balaban J connectivity index is 0.00000387. The van der Waals surface area contributed by atoms with Gasteiger partial charge in [-0.15, -0.1) is 25.6 Å². The maximum atomic E-state index is 6.71. The summed E-state index contributed by atoms with van der Waals surface area (Å²) in [6.45, 7) is 11.5. The maximum Gasteiger partial charge on any atom is 0.203 e. The number of pyridine rings is 1. The molecule has 2 aromatic carbocycles. The molecule has 7 nitrogen and oxygen atoms in total. The van der Waals surface area contributed by atoms with Gasteiger partial charge in [-0.3, -0.25) is 4.98 Å². The molecule has 0 aliphatic carbocycles. The van der Waals surface area contributed by atoms with Crippen LogP contribution in [0.1, 0.15) is 30.1 Å². The summed E-state index contributed by atoms with van der Waals surface area (Å²) < 4.78 is 30.2. The summed E-state index contributed by atoms with van der Waals surface area (Å²) in [4.78, 5) is 4.65. The van der Waals surface area contributed by atoms with Crippen LogP contribution in [0.4, 0.5) is 0 Å². The van der Waals surface area contributed by atoms with Gasteiger partial charge in [0.15, 0.2) is 11.5 Å². The molecule has 3 aliphatic heterocycles. The third-order valence-corrected chi connectivity index (χ3v) is 8.93. The number of rotatable bonds is 12. The van der Waals surface area contributed by atoms with Gasteiger partial charge >= 0.3 is 0 Å². The van der Waals surface area contributed by atoms with Crippen LogP contribution in [-0.4, -0.2) is 63.6 Å². The second kappa shape index (κ2) is 13.1. The fourth-order valence-electron chi connectivity index (χ4n) is 7.06. The van der Waals surface area contributed by atoms with Crippen LogP contribution in [0.25, 0.3) is 10.9 Å². The smallest absolute Gasteiger partial charge is 0.203 e. The molecule has 0 spiro atoms. The average Bonchev–Trinajstić information content (AvgIpc) is 3.00. The van der Waals surface area contributed by atoms with Crippen LogP contribution in [0, 0.1) is 11.8 Å². The second-order valence-electron chi connectivity index (χ2n) is 10.9. The summed E-state index contributed by atoms with van der Waals surface area (Å²) in [6.07, 6.45) is 7.96. The van der Waals surface area contributed by atoms with Crippen LogP contribution in [0.15, 0.2) is 67.9 Å². The van der Waals surface area contributed by atoms with Crippen LogP contribution in [0.3, 0.4) is 0 Å². The van der Waals surface area contributed by atoms with Gasteiger partial charge in [-0.05, 0) is 47.9 Å². The molecule has 0 N–H and O–H groups in total. The minimum Gasteiger partial charge on any atom is -0.497 e. The van der Waals surface area contributed by atoms with Gasteiger partial charge in [-0.25, -0.2) is 0 Å². The highest BCUT2D eigenvalue weighted by atomic mass is 35.5. The minimum atomic E-state index is -0.147. The van der Waals surface area contributed by atoms with Gasteiger partial charge in [0.2, 0.25) is 5.75 Å². The number of aromatic nitrogens is 1. The summed E-state index contributed by atoms with van der Waals surface area (Å²) in [6, 6.07) is 12.6. The van der Waals surface area contributed by atoms with Gasteiger partial charge in [-0.1, -0.05) is 12.2 Å². The van der Waals surface area contributed by atoms with Crippen LogP contribution >= 0.6 is 12.4 Å². The normalized spacial score (nSPS) is 23.8. The van der Waals surface area contributed by atoms with E-state index in [1.807, 2.05) is 24.4 Å². The van der Waals surface area contributed by atoms with Crippen molar-refractivity contribution >= 4 is 23.3 Å². The molecule has 6 rings (SSSR count). The van der Waals surface area contributed by atoms with E-state index in [0.29, 0.717) is 35.7 Å². The van der Waals surface area contributed by atoms with Gasteiger partial charge in [0, 0.05) is 35.9 Å². The number of hydrogen-bond donors (Lipinski definition) is 0. The van der Waals surface area contributed by atoms with Crippen molar-refractivity contribution in [1.29, 1.82) is 0 Å². The molecule has 3 aliphatic rings. The number of halogens is 1. The summed E-state index contributed by atoms with van der Waals surface area (Å²) in [5, 5.41) is 1.06. The van der Waals surface area contributed by atoms with Crippen molar-refractivity contribution in [2.45, 2.75) is 31.5 Å². The quantitative estimate of drug-likeness (QED) is 0.179. The van der Waals surface area contributed by atoms with E-state index >= 15 is 0 Å². The highest BCUT2D eigenvalue weighted by Crippen LogP contribution is 2.50. The lowest BCUT2D eigenvalue weighted by Gasteiger charge is -2.58. The molecular weight excluding hydrogens is 540 g/mol. The SMILES string of the molecule is C=CCO[C@H](c1ccnc2ccc(OC)cc12)[C@@H]1CC2CC[N+]1(Cc1cc(OC)c(OC)c(OC)c1)CC2C=C.Cl. The van der Waals surface area contributed by atoms with Crippen molar-refractivity contribution < 1.29 is 28.2 Å². The van der Waals surface area contributed by atoms with Crippen LogP contribution < -0.4 is 18.9 Å². The summed E-state index contributed by atoms with van der Waals surface area (Å²) in [5.41, 5.74) is 3.22. The zero-order valence-electron chi connectivity index (χ0n) is 24.5. The van der Waals surface area contributed by atoms with E-state index in [0.717, 1.165) is 64.7 Å². The first-order valence-electron chi connectivity index (χ1n) is 13.9. The van der Waals surface area contributed by atoms with E-state index in [9.17, 15) is 0 Å². The molecule has 3 fully saturated rings. The Kier molecular flexibility index (Phi) is 9.84. The number of benzene rings is 2. The van der Waals surface area contributed by atoms with Crippen molar-refractivity contribution in [2.75, 3.05) is 48.1 Å². The average molecular weight is 582 g/mol. The molecule has 3 unspecified atom stereocenters. The summed E-state index contributed by atoms with van der Waals surface area (Å²) in [7, 11) is 6.66.